The van der Waals surface area contributed by atoms with Gasteiger partial charge in [-0.25, -0.2) is 17.5 Å². The van der Waals surface area contributed by atoms with Crippen LogP contribution in [0.25, 0.3) is 0 Å². The van der Waals surface area contributed by atoms with Crippen molar-refractivity contribution in [2.75, 3.05) is 7.11 Å². The van der Waals surface area contributed by atoms with Crippen LogP contribution in [-0.2, 0) is 14.8 Å². The Kier molecular flexibility index (Phi) is 6.92. The maximum atomic E-state index is 13.1. The summed E-state index contributed by atoms with van der Waals surface area (Å²) in [5.41, 5.74) is 0.611. The first kappa shape index (κ1) is 20.9. The fourth-order valence-electron chi connectivity index (χ4n) is 2.50. The highest BCUT2D eigenvalue weighted by Gasteiger charge is 2.24. The van der Waals surface area contributed by atoms with Crippen molar-refractivity contribution >= 4 is 15.9 Å². The van der Waals surface area contributed by atoms with Crippen molar-refractivity contribution in [2.45, 2.75) is 37.2 Å². The number of amides is 1. The standard InChI is InChI=1S/C19H23FN2O4S/c1-13(2)21-19(23)12-18(14-4-8-16(26-3)9-5-14)22-27(24,25)17-10-6-15(20)7-11-17/h4-11,13,18,22H,12H2,1-3H3,(H,21,23). The molecular formula is C19H23FN2O4S. The maximum absolute atomic E-state index is 13.1. The van der Waals surface area contributed by atoms with Gasteiger partial charge in [-0.3, -0.25) is 4.79 Å². The minimum atomic E-state index is -3.94. The summed E-state index contributed by atoms with van der Waals surface area (Å²) in [6.07, 6.45) is -0.0784. The molecule has 0 aliphatic carbocycles. The second kappa shape index (κ2) is 8.96. The number of hydrogen-bond donors (Lipinski definition) is 2. The van der Waals surface area contributed by atoms with E-state index in [1.165, 1.54) is 19.2 Å². The minimum absolute atomic E-state index is 0.0669. The highest BCUT2D eigenvalue weighted by molar-refractivity contribution is 7.89. The van der Waals surface area contributed by atoms with E-state index in [0.29, 0.717) is 11.3 Å². The molecule has 0 saturated heterocycles. The van der Waals surface area contributed by atoms with E-state index in [-0.39, 0.29) is 23.3 Å². The van der Waals surface area contributed by atoms with E-state index >= 15 is 0 Å². The molecule has 2 N–H and O–H groups in total. The van der Waals surface area contributed by atoms with Gasteiger partial charge >= 0.3 is 0 Å². The molecule has 0 aliphatic rings. The van der Waals surface area contributed by atoms with Crippen LogP contribution >= 0.6 is 0 Å². The molecule has 1 unspecified atom stereocenters. The van der Waals surface area contributed by atoms with Gasteiger partial charge in [0.25, 0.3) is 0 Å². The number of benzene rings is 2. The van der Waals surface area contributed by atoms with E-state index in [1.54, 1.807) is 24.3 Å². The summed E-state index contributed by atoms with van der Waals surface area (Å²) < 4.78 is 46.1. The molecule has 0 heterocycles. The van der Waals surface area contributed by atoms with Gasteiger partial charge in [-0.2, -0.15) is 0 Å². The van der Waals surface area contributed by atoms with Crippen molar-refractivity contribution < 1.29 is 22.3 Å². The molecule has 2 aromatic rings. The highest BCUT2D eigenvalue weighted by Crippen LogP contribution is 2.23. The van der Waals surface area contributed by atoms with Crippen molar-refractivity contribution in [1.29, 1.82) is 0 Å². The topological polar surface area (TPSA) is 84.5 Å². The quantitative estimate of drug-likeness (QED) is 0.721. The summed E-state index contributed by atoms with van der Waals surface area (Å²) in [7, 11) is -2.41. The van der Waals surface area contributed by atoms with E-state index in [9.17, 15) is 17.6 Å². The van der Waals surface area contributed by atoms with E-state index < -0.39 is 21.9 Å². The third-order valence-electron chi connectivity index (χ3n) is 3.78. The Balaban J connectivity index is 2.29. The smallest absolute Gasteiger partial charge is 0.241 e. The second-order valence-corrected chi connectivity index (χ2v) is 8.04. The predicted molar refractivity (Wildman–Crippen MR) is 100 cm³/mol. The third-order valence-corrected chi connectivity index (χ3v) is 5.27. The van der Waals surface area contributed by atoms with Crippen LogP contribution in [0.1, 0.15) is 31.9 Å². The number of ether oxygens (including phenoxy) is 1. The van der Waals surface area contributed by atoms with E-state index in [1.807, 2.05) is 13.8 Å². The first-order valence-corrected chi connectivity index (χ1v) is 9.91. The van der Waals surface area contributed by atoms with Crippen molar-refractivity contribution in [3.63, 3.8) is 0 Å². The van der Waals surface area contributed by atoms with Crippen LogP contribution in [-0.4, -0.2) is 27.5 Å². The first-order valence-electron chi connectivity index (χ1n) is 8.42. The molecule has 0 spiro atoms. The second-order valence-electron chi connectivity index (χ2n) is 6.33. The van der Waals surface area contributed by atoms with Crippen LogP contribution in [0.2, 0.25) is 0 Å². The zero-order valence-corrected chi connectivity index (χ0v) is 16.2. The lowest BCUT2D eigenvalue weighted by Crippen LogP contribution is -2.36. The van der Waals surface area contributed by atoms with Crippen LogP contribution in [0, 0.1) is 5.82 Å². The molecule has 0 aromatic heterocycles. The largest absolute Gasteiger partial charge is 0.497 e. The summed E-state index contributed by atoms with van der Waals surface area (Å²) in [6, 6.07) is 10.4. The van der Waals surface area contributed by atoms with E-state index in [4.69, 9.17) is 4.74 Å². The normalized spacial score (nSPS) is 12.6. The molecule has 2 aromatic carbocycles. The molecule has 27 heavy (non-hydrogen) atoms. The predicted octanol–water partition coefficient (Wildman–Crippen LogP) is 2.77. The molecule has 146 valence electrons. The van der Waals surface area contributed by atoms with E-state index in [0.717, 1.165) is 12.1 Å². The Bertz CT molecular complexity index is 866. The Morgan fingerprint density at radius 3 is 2.19 bits per heavy atom. The Morgan fingerprint density at radius 2 is 1.67 bits per heavy atom. The van der Waals surface area contributed by atoms with Crippen LogP contribution in [0.15, 0.2) is 53.4 Å². The number of rotatable bonds is 8. The molecule has 0 fully saturated rings. The minimum Gasteiger partial charge on any atom is -0.497 e. The number of halogens is 1. The van der Waals surface area contributed by atoms with Crippen LogP contribution in [0.5, 0.6) is 5.75 Å². The number of nitrogens with one attached hydrogen (secondary N) is 2. The summed E-state index contributed by atoms with van der Waals surface area (Å²) in [6.45, 7) is 3.64. The van der Waals surface area contributed by atoms with E-state index in [2.05, 4.69) is 10.0 Å². The average molecular weight is 394 g/mol. The Hall–Kier alpha value is -2.45. The number of hydrogen-bond acceptors (Lipinski definition) is 4. The fraction of sp³-hybridized carbons (Fsp3) is 0.316. The lowest BCUT2D eigenvalue weighted by atomic mass is 10.0. The lowest BCUT2D eigenvalue weighted by Gasteiger charge is -2.20. The van der Waals surface area contributed by atoms with Gasteiger partial charge in [-0.05, 0) is 55.8 Å². The number of carbonyl (C=O) groups excluding carboxylic acids is 1. The highest BCUT2D eigenvalue weighted by atomic mass is 32.2. The Labute approximate surface area is 158 Å². The summed E-state index contributed by atoms with van der Waals surface area (Å²) in [5, 5.41) is 2.75. The lowest BCUT2D eigenvalue weighted by molar-refractivity contribution is -0.122. The summed E-state index contributed by atoms with van der Waals surface area (Å²) >= 11 is 0. The molecule has 0 radical (unpaired) electrons. The third kappa shape index (κ3) is 6.04. The van der Waals surface area contributed by atoms with Gasteiger partial charge in [0.1, 0.15) is 11.6 Å². The van der Waals surface area contributed by atoms with Gasteiger partial charge < -0.3 is 10.1 Å². The average Bonchev–Trinajstić information content (AvgIpc) is 2.60. The van der Waals surface area contributed by atoms with Crippen LogP contribution in [0.3, 0.4) is 0 Å². The number of carbonyl (C=O) groups is 1. The maximum Gasteiger partial charge on any atom is 0.241 e. The molecule has 1 atom stereocenters. The molecule has 0 aliphatic heterocycles. The molecule has 2 rings (SSSR count). The molecule has 0 bridgehead atoms. The van der Waals surface area contributed by atoms with Gasteiger partial charge in [0.05, 0.1) is 18.0 Å². The van der Waals surface area contributed by atoms with Crippen molar-refractivity contribution in [2.24, 2.45) is 0 Å². The van der Waals surface area contributed by atoms with Crippen molar-refractivity contribution in [1.82, 2.24) is 10.0 Å². The van der Waals surface area contributed by atoms with Gasteiger partial charge in [0, 0.05) is 12.5 Å². The molecular weight excluding hydrogens is 371 g/mol. The fourth-order valence-corrected chi connectivity index (χ4v) is 3.72. The summed E-state index contributed by atoms with van der Waals surface area (Å²) in [4.78, 5) is 12.1. The van der Waals surface area contributed by atoms with Crippen molar-refractivity contribution in [3.8, 4) is 5.75 Å². The van der Waals surface area contributed by atoms with Gasteiger partial charge in [0.15, 0.2) is 0 Å². The molecule has 8 heteroatoms. The van der Waals surface area contributed by atoms with Gasteiger partial charge in [0.2, 0.25) is 15.9 Å². The van der Waals surface area contributed by atoms with Crippen LogP contribution < -0.4 is 14.8 Å². The molecule has 1 amide bonds. The van der Waals surface area contributed by atoms with Gasteiger partial charge in [-0.1, -0.05) is 12.1 Å². The number of sulfonamides is 1. The van der Waals surface area contributed by atoms with Crippen LogP contribution in [0.4, 0.5) is 4.39 Å². The van der Waals surface area contributed by atoms with Gasteiger partial charge in [-0.15, -0.1) is 0 Å². The number of methoxy groups -OCH3 is 1. The zero-order valence-electron chi connectivity index (χ0n) is 15.4. The zero-order chi connectivity index (χ0) is 20.0. The monoisotopic (exact) mass is 394 g/mol. The Morgan fingerprint density at radius 1 is 1.07 bits per heavy atom. The first-order chi connectivity index (χ1) is 12.7. The molecule has 6 nitrogen and oxygen atoms in total. The van der Waals surface area contributed by atoms with Crippen molar-refractivity contribution in [3.05, 3.63) is 59.9 Å². The summed E-state index contributed by atoms with van der Waals surface area (Å²) in [5.74, 6) is -0.199. The molecule has 0 saturated carbocycles. The SMILES string of the molecule is COc1ccc(C(CC(=O)NC(C)C)NS(=O)(=O)c2ccc(F)cc2)cc1.